The molecule has 0 aromatic rings. The topological polar surface area (TPSA) is 105 Å². The molecule has 0 aromatic carbocycles. The Morgan fingerprint density at radius 1 is 0.536 bits per heavy atom. The van der Waals surface area contributed by atoms with Crippen LogP contribution in [0.3, 0.4) is 0 Å². The van der Waals surface area contributed by atoms with Crippen LogP contribution in [0.5, 0.6) is 0 Å². The molecule has 0 amide bonds. The molecule has 0 saturated carbocycles. The lowest BCUT2D eigenvalue weighted by atomic mass is 10.2. The van der Waals surface area contributed by atoms with E-state index in [0.29, 0.717) is 0 Å². The molecule has 0 aromatic heterocycles. The van der Waals surface area contributed by atoms with Crippen LogP contribution in [0, 0.1) is 0 Å². The van der Waals surface area contributed by atoms with Crippen LogP contribution in [-0.4, -0.2) is 72.3 Å². The molecule has 0 saturated heterocycles. The highest BCUT2D eigenvalue weighted by Crippen LogP contribution is 2.12. The van der Waals surface area contributed by atoms with Crippen LogP contribution in [-0.2, 0) is 38.1 Å². The number of hydrogen-bond donors (Lipinski definition) is 4. The van der Waals surface area contributed by atoms with E-state index in [9.17, 15) is 19.2 Å². The largest absolute Gasteiger partial charge is 0.462 e. The van der Waals surface area contributed by atoms with Crippen LogP contribution in [0.1, 0.15) is 25.7 Å². The second-order valence-electron chi connectivity index (χ2n) is 5.32. The Bertz CT molecular complexity index is 459. The average molecular weight is 475 g/mol. The molecule has 0 N–H and O–H groups in total. The predicted molar refractivity (Wildman–Crippen MR) is 116 cm³/mol. The summed E-state index contributed by atoms with van der Waals surface area (Å²) in [5.41, 5.74) is 0. The van der Waals surface area contributed by atoms with Crippen LogP contribution in [0.2, 0.25) is 0 Å². The minimum Gasteiger partial charge on any atom is -0.462 e. The Labute approximate surface area is 186 Å². The van der Waals surface area contributed by atoms with Crippen molar-refractivity contribution in [1.29, 1.82) is 0 Å². The fourth-order valence-electron chi connectivity index (χ4n) is 1.75. The normalized spacial score (nSPS) is 12.6. The zero-order chi connectivity index (χ0) is 21.4. The third kappa shape index (κ3) is 13.5. The summed E-state index contributed by atoms with van der Waals surface area (Å²) in [4.78, 5) is 47.0. The zero-order valence-corrected chi connectivity index (χ0v) is 18.9. The molecular weight excluding hydrogens is 448 g/mol. The van der Waals surface area contributed by atoms with Crippen LogP contribution in [0.4, 0.5) is 0 Å². The molecule has 2 unspecified atom stereocenters. The standard InChI is InChI=1S/C16H26O8S4/c17-13(1-5-25)21-9-11(23-15(19)3-7-27)12(24-16(20)4-8-28)10-22-14(18)2-6-26/h11-12,25-28H,1-10H2. The summed E-state index contributed by atoms with van der Waals surface area (Å²) in [6, 6.07) is 0. The lowest BCUT2D eigenvalue weighted by Gasteiger charge is -2.26. The molecule has 0 aliphatic rings. The van der Waals surface area contributed by atoms with Gasteiger partial charge in [-0.25, -0.2) is 0 Å². The number of ether oxygens (including phenoxy) is 4. The molecule has 0 bridgehead atoms. The van der Waals surface area contributed by atoms with E-state index in [-0.39, 0.29) is 61.9 Å². The number of hydrogen-bond acceptors (Lipinski definition) is 12. The summed E-state index contributed by atoms with van der Waals surface area (Å²) in [5.74, 6) is -1.31. The number of rotatable bonds is 15. The van der Waals surface area contributed by atoms with Crippen LogP contribution in [0.15, 0.2) is 0 Å². The molecule has 0 spiro atoms. The van der Waals surface area contributed by atoms with Gasteiger partial charge in [0, 0.05) is 23.0 Å². The van der Waals surface area contributed by atoms with Gasteiger partial charge in [0.1, 0.15) is 13.2 Å². The van der Waals surface area contributed by atoms with Gasteiger partial charge < -0.3 is 18.9 Å². The van der Waals surface area contributed by atoms with Gasteiger partial charge in [0.15, 0.2) is 12.2 Å². The van der Waals surface area contributed by atoms with E-state index in [1.807, 2.05) is 0 Å². The van der Waals surface area contributed by atoms with E-state index in [1.54, 1.807) is 0 Å². The van der Waals surface area contributed by atoms with Gasteiger partial charge in [-0.3, -0.25) is 19.2 Å². The van der Waals surface area contributed by atoms with Gasteiger partial charge in [-0.15, -0.1) is 0 Å². The molecular formula is C16H26O8S4. The molecule has 0 rings (SSSR count). The maximum atomic E-state index is 11.9. The van der Waals surface area contributed by atoms with Crippen LogP contribution < -0.4 is 0 Å². The molecule has 0 aliphatic carbocycles. The van der Waals surface area contributed by atoms with Gasteiger partial charge in [-0.2, -0.15) is 50.5 Å². The first-order chi connectivity index (χ1) is 13.4. The number of carbonyl (C=O) groups is 4. The third-order valence-corrected chi connectivity index (χ3v) is 3.96. The van der Waals surface area contributed by atoms with Crippen LogP contribution in [0.25, 0.3) is 0 Å². The Morgan fingerprint density at radius 3 is 1.11 bits per heavy atom. The molecule has 162 valence electrons. The van der Waals surface area contributed by atoms with Crippen molar-refractivity contribution in [3.05, 3.63) is 0 Å². The van der Waals surface area contributed by atoms with Gasteiger partial charge in [-0.05, 0) is 0 Å². The third-order valence-electron chi connectivity index (χ3n) is 3.06. The second-order valence-corrected chi connectivity index (χ2v) is 7.11. The van der Waals surface area contributed by atoms with Crippen molar-refractivity contribution in [3.8, 4) is 0 Å². The van der Waals surface area contributed by atoms with Crippen molar-refractivity contribution < 1.29 is 38.1 Å². The Hall–Kier alpha value is -0.720. The van der Waals surface area contributed by atoms with Gasteiger partial charge in [0.2, 0.25) is 0 Å². The summed E-state index contributed by atoms with van der Waals surface area (Å²) in [6.45, 7) is -0.734. The van der Waals surface area contributed by atoms with E-state index in [0.717, 1.165) is 0 Å². The SMILES string of the molecule is O=C(CCS)OCC(OC(=O)CCS)C(COC(=O)CCS)OC(=O)CCS. The Kier molecular flexibility index (Phi) is 16.7. The highest BCUT2D eigenvalue weighted by molar-refractivity contribution is 7.80. The summed E-state index contributed by atoms with van der Waals surface area (Å²) in [6.07, 6.45) is -2.18. The van der Waals surface area contributed by atoms with Gasteiger partial charge in [-0.1, -0.05) is 0 Å². The lowest BCUT2D eigenvalue weighted by Crippen LogP contribution is -2.42. The Morgan fingerprint density at radius 2 is 0.821 bits per heavy atom. The van der Waals surface area contributed by atoms with Gasteiger partial charge in [0.05, 0.1) is 25.7 Å². The summed E-state index contributed by atoms with van der Waals surface area (Å²) in [7, 11) is 0. The van der Waals surface area contributed by atoms with E-state index >= 15 is 0 Å². The molecule has 28 heavy (non-hydrogen) atoms. The quantitative estimate of drug-likeness (QED) is 0.159. The van der Waals surface area contributed by atoms with E-state index in [4.69, 9.17) is 18.9 Å². The van der Waals surface area contributed by atoms with Crippen molar-refractivity contribution in [2.24, 2.45) is 0 Å². The van der Waals surface area contributed by atoms with Crippen molar-refractivity contribution in [2.75, 3.05) is 36.2 Å². The fourth-order valence-corrected chi connectivity index (χ4v) is 2.48. The molecule has 0 radical (unpaired) electrons. The minimum atomic E-state index is -1.15. The second kappa shape index (κ2) is 17.2. The first-order valence-electron chi connectivity index (χ1n) is 8.51. The smallest absolute Gasteiger partial charge is 0.307 e. The van der Waals surface area contributed by atoms with Crippen LogP contribution >= 0.6 is 50.5 Å². The van der Waals surface area contributed by atoms with Crippen molar-refractivity contribution >= 4 is 74.4 Å². The Balaban J connectivity index is 5.23. The monoisotopic (exact) mass is 474 g/mol. The summed E-state index contributed by atoms with van der Waals surface area (Å²) in [5, 5.41) is 0. The molecule has 12 heteroatoms. The molecule has 8 nitrogen and oxygen atoms in total. The summed E-state index contributed by atoms with van der Waals surface area (Å²) >= 11 is 15.8. The fraction of sp³-hybridized carbons (Fsp3) is 0.750. The van der Waals surface area contributed by atoms with Crippen molar-refractivity contribution in [1.82, 2.24) is 0 Å². The first kappa shape index (κ1) is 27.3. The van der Waals surface area contributed by atoms with Gasteiger partial charge >= 0.3 is 23.9 Å². The molecule has 2 atom stereocenters. The van der Waals surface area contributed by atoms with Crippen molar-refractivity contribution in [3.63, 3.8) is 0 Å². The number of esters is 4. The molecule has 0 heterocycles. The maximum Gasteiger partial charge on any atom is 0.307 e. The van der Waals surface area contributed by atoms with Gasteiger partial charge in [0.25, 0.3) is 0 Å². The van der Waals surface area contributed by atoms with E-state index < -0.39 is 36.1 Å². The maximum absolute atomic E-state index is 11.9. The minimum absolute atomic E-state index is 0.000937. The molecule has 0 aliphatic heterocycles. The number of carbonyl (C=O) groups excluding carboxylic acids is 4. The van der Waals surface area contributed by atoms with E-state index in [2.05, 4.69) is 50.5 Å². The van der Waals surface area contributed by atoms with Crippen molar-refractivity contribution in [2.45, 2.75) is 37.9 Å². The lowest BCUT2D eigenvalue weighted by molar-refractivity contribution is -0.182. The number of thiol groups is 4. The first-order valence-corrected chi connectivity index (χ1v) is 11.0. The van der Waals surface area contributed by atoms with E-state index in [1.165, 1.54) is 0 Å². The zero-order valence-electron chi connectivity index (χ0n) is 15.3. The predicted octanol–water partition coefficient (Wildman–Crippen LogP) is 1.18. The highest BCUT2D eigenvalue weighted by Gasteiger charge is 2.31. The molecule has 0 fully saturated rings. The average Bonchev–Trinajstić information content (AvgIpc) is 2.63. The highest BCUT2D eigenvalue weighted by atomic mass is 32.1. The summed E-state index contributed by atoms with van der Waals surface area (Å²) < 4.78 is 20.6.